The van der Waals surface area contributed by atoms with Gasteiger partial charge >= 0.3 is 0 Å². The molecule has 0 aromatic rings. The fourth-order valence-electron chi connectivity index (χ4n) is 3.17. The average molecular weight is 257 g/mol. The van der Waals surface area contributed by atoms with Crippen molar-refractivity contribution < 1.29 is 9.47 Å². The molecule has 3 saturated heterocycles. The van der Waals surface area contributed by atoms with Gasteiger partial charge in [-0.1, -0.05) is 0 Å². The molecule has 0 radical (unpaired) electrons. The second-order valence-corrected chi connectivity index (χ2v) is 6.67. The van der Waals surface area contributed by atoms with E-state index in [1.807, 2.05) is 11.8 Å². The summed E-state index contributed by atoms with van der Waals surface area (Å²) in [5.41, 5.74) is 0.205. The van der Waals surface area contributed by atoms with Crippen molar-refractivity contribution in [1.82, 2.24) is 5.32 Å². The Morgan fingerprint density at radius 3 is 3.06 bits per heavy atom. The van der Waals surface area contributed by atoms with E-state index in [1.54, 1.807) is 0 Å². The normalized spacial score (nSPS) is 42.4. The zero-order chi connectivity index (χ0) is 11.6. The lowest BCUT2D eigenvalue weighted by molar-refractivity contribution is -0.0711. The summed E-state index contributed by atoms with van der Waals surface area (Å²) >= 11 is 2.05. The first-order chi connectivity index (χ1) is 8.36. The monoisotopic (exact) mass is 257 g/mol. The van der Waals surface area contributed by atoms with Gasteiger partial charge in [-0.05, 0) is 37.9 Å². The summed E-state index contributed by atoms with van der Waals surface area (Å²) in [6.45, 7) is 2.93. The van der Waals surface area contributed by atoms with Crippen molar-refractivity contribution in [2.75, 3.05) is 31.3 Å². The first-order valence-corrected chi connectivity index (χ1v) is 8.09. The molecule has 3 atom stereocenters. The minimum absolute atomic E-state index is 0.205. The molecule has 1 N–H and O–H groups in total. The molecule has 0 aromatic heterocycles. The maximum atomic E-state index is 6.04. The maximum absolute atomic E-state index is 6.04. The lowest BCUT2D eigenvalue weighted by Gasteiger charge is -2.38. The van der Waals surface area contributed by atoms with Gasteiger partial charge in [-0.25, -0.2) is 0 Å². The second kappa shape index (κ2) is 5.47. The standard InChI is InChI=1S/C13H23NO2S/c1-2-12(15-5-1)9-14-11-3-6-16-13(8-11)4-7-17-10-13/h11-12,14H,1-10H2. The molecule has 3 nitrogen and oxygen atoms in total. The average Bonchev–Trinajstić information content (AvgIpc) is 2.99. The van der Waals surface area contributed by atoms with Gasteiger partial charge in [-0.15, -0.1) is 0 Å². The molecule has 0 aliphatic carbocycles. The Bertz CT molecular complexity index is 250. The van der Waals surface area contributed by atoms with Gasteiger partial charge in [0.1, 0.15) is 0 Å². The van der Waals surface area contributed by atoms with Crippen LogP contribution in [0.4, 0.5) is 0 Å². The number of thioether (sulfide) groups is 1. The lowest BCUT2D eigenvalue weighted by atomic mass is 9.90. The molecule has 1 spiro atoms. The summed E-state index contributed by atoms with van der Waals surface area (Å²) < 4.78 is 11.7. The number of hydrogen-bond donors (Lipinski definition) is 1. The molecule has 3 rings (SSSR count). The van der Waals surface area contributed by atoms with Gasteiger partial charge in [0.2, 0.25) is 0 Å². The van der Waals surface area contributed by atoms with E-state index in [-0.39, 0.29) is 5.60 Å². The number of rotatable bonds is 3. The Morgan fingerprint density at radius 1 is 1.29 bits per heavy atom. The van der Waals surface area contributed by atoms with E-state index in [2.05, 4.69) is 5.32 Å². The van der Waals surface area contributed by atoms with Gasteiger partial charge in [0.05, 0.1) is 11.7 Å². The highest BCUT2D eigenvalue weighted by molar-refractivity contribution is 7.99. The summed E-state index contributed by atoms with van der Waals surface area (Å²) in [7, 11) is 0. The van der Waals surface area contributed by atoms with Crippen LogP contribution >= 0.6 is 11.8 Å². The van der Waals surface area contributed by atoms with Crippen molar-refractivity contribution in [3.63, 3.8) is 0 Å². The van der Waals surface area contributed by atoms with Crippen LogP contribution in [0.15, 0.2) is 0 Å². The summed E-state index contributed by atoms with van der Waals surface area (Å²) in [6.07, 6.45) is 6.55. The highest BCUT2D eigenvalue weighted by Crippen LogP contribution is 2.38. The third-order valence-corrected chi connectivity index (χ3v) is 5.44. The van der Waals surface area contributed by atoms with Gasteiger partial charge in [-0.3, -0.25) is 0 Å². The van der Waals surface area contributed by atoms with Crippen molar-refractivity contribution in [3.8, 4) is 0 Å². The van der Waals surface area contributed by atoms with Crippen LogP contribution in [-0.2, 0) is 9.47 Å². The number of hydrogen-bond acceptors (Lipinski definition) is 4. The summed E-state index contributed by atoms with van der Waals surface area (Å²) in [5, 5.41) is 3.70. The molecule has 98 valence electrons. The van der Waals surface area contributed by atoms with Gasteiger partial charge in [0, 0.05) is 31.6 Å². The van der Waals surface area contributed by atoms with Gasteiger partial charge in [0.15, 0.2) is 0 Å². The van der Waals surface area contributed by atoms with Gasteiger partial charge < -0.3 is 14.8 Å². The molecule has 3 unspecified atom stereocenters. The maximum Gasteiger partial charge on any atom is 0.0795 e. The lowest BCUT2D eigenvalue weighted by Crippen LogP contribution is -2.48. The van der Waals surface area contributed by atoms with E-state index >= 15 is 0 Å². The van der Waals surface area contributed by atoms with E-state index in [9.17, 15) is 0 Å². The predicted molar refractivity (Wildman–Crippen MR) is 70.6 cm³/mol. The topological polar surface area (TPSA) is 30.5 Å². The van der Waals surface area contributed by atoms with Crippen LogP contribution in [0.1, 0.15) is 32.1 Å². The quantitative estimate of drug-likeness (QED) is 0.835. The van der Waals surface area contributed by atoms with Crippen LogP contribution in [-0.4, -0.2) is 49.0 Å². The van der Waals surface area contributed by atoms with E-state index in [1.165, 1.54) is 43.6 Å². The van der Waals surface area contributed by atoms with Crippen LogP contribution in [0.5, 0.6) is 0 Å². The molecule has 0 amide bonds. The first-order valence-electron chi connectivity index (χ1n) is 6.93. The molecular formula is C13H23NO2S. The van der Waals surface area contributed by atoms with Crippen LogP contribution in [0, 0.1) is 0 Å². The second-order valence-electron chi connectivity index (χ2n) is 5.57. The largest absolute Gasteiger partial charge is 0.377 e. The fraction of sp³-hybridized carbons (Fsp3) is 1.00. The molecule has 3 fully saturated rings. The van der Waals surface area contributed by atoms with E-state index < -0.39 is 0 Å². The van der Waals surface area contributed by atoms with E-state index in [0.717, 1.165) is 19.8 Å². The Kier molecular flexibility index (Phi) is 3.95. The zero-order valence-corrected chi connectivity index (χ0v) is 11.3. The van der Waals surface area contributed by atoms with Crippen LogP contribution in [0.3, 0.4) is 0 Å². The highest BCUT2D eigenvalue weighted by Gasteiger charge is 2.40. The fourth-order valence-corrected chi connectivity index (χ4v) is 4.55. The molecular weight excluding hydrogens is 234 g/mol. The summed E-state index contributed by atoms with van der Waals surface area (Å²) in [4.78, 5) is 0. The third-order valence-electron chi connectivity index (χ3n) is 4.22. The Labute approximate surface area is 108 Å². The highest BCUT2D eigenvalue weighted by atomic mass is 32.2. The smallest absolute Gasteiger partial charge is 0.0795 e. The molecule has 17 heavy (non-hydrogen) atoms. The SMILES string of the molecule is C1COC(CNC2CCOC3(CCSC3)C2)C1. The van der Waals surface area contributed by atoms with Crippen molar-refractivity contribution in [3.05, 3.63) is 0 Å². The Morgan fingerprint density at radius 2 is 2.29 bits per heavy atom. The van der Waals surface area contributed by atoms with Crippen molar-refractivity contribution >= 4 is 11.8 Å². The molecule has 3 aliphatic rings. The minimum atomic E-state index is 0.205. The van der Waals surface area contributed by atoms with E-state index in [0.29, 0.717) is 12.1 Å². The summed E-state index contributed by atoms with van der Waals surface area (Å²) in [5.74, 6) is 2.48. The van der Waals surface area contributed by atoms with Gasteiger partial charge in [-0.2, -0.15) is 11.8 Å². The van der Waals surface area contributed by atoms with E-state index in [4.69, 9.17) is 9.47 Å². The summed E-state index contributed by atoms with van der Waals surface area (Å²) in [6, 6.07) is 0.645. The van der Waals surface area contributed by atoms with Crippen molar-refractivity contribution in [2.24, 2.45) is 0 Å². The molecule has 3 aliphatic heterocycles. The van der Waals surface area contributed by atoms with Crippen LogP contribution < -0.4 is 5.32 Å². The predicted octanol–water partition coefficient (Wildman–Crippen LogP) is 1.81. The molecule has 0 aromatic carbocycles. The molecule has 3 heterocycles. The van der Waals surface area contributed by atoms with Crippen molar-refractivity contribution in [1.29, 1.82) is 0 Å². The van der Waals surface area contributed by atoms with Crippen molar-refractivity contribution in [2.45, 2.75) is 49.9 Å². The van der Waals surface area contributed by atoms with Crippen LogP contribution in [0.2, 0.25) is 0 Å². The molecule has 0 saturated carbocycles. The molecule has 4 heteroatoms. The number of ether oxygens (including phenoxy) is 2. The Balaban J connectivity index is 1.46. The zero-order valence-electron chi connectivity index (χ0n) is 10.5. The number of nitrogens with one attached hydrogen (secondary N) is 1. The molecule has 0 bridgehead atoms. The Hall–Kier alpha value is 0.230. The van der Waals surface area contributed by atoms with Crippen LogP contribution in [0.25, 0.3) is 0 Å². The minimum Gasteiger partial charge on any atom is -0.377 e. The third kappa shape index (κ3) is 2.98. The van der Waals surface area contributed by atoms with Gasteiger partial charge in [0.25, 0.3) is 0 Å². The first kappa shape index (κ1) is 12.3.